The van der Waals surface area contributed by atoms with Crippen LogP contribution in [-0.4, -0.2) is 20.2 Å². The Morgan fingerprint density at radius 1 is 0.923 bits per heavy atom. The number of nitrogens with one attached hydrogen (secondary N) is 3. The van der Waals surface area contributed by atoms with Crippen LogP contribution in [0.25, 0.3) is 0 Å². The Hall–Kier alpha value is -2.58. The summed E-state index contributed by atoms with van der Waals surface area (Å²) in [4.78, 5) is 23.4. The SMILES string of the molecule is CC(C)C(=O)NNC(=O)c1ccc(S(=O)(=O)Nc2ccc(Cl)cc2)cc1. The van der Waals surface area contributed by atoms with Gasteiger partial charge in [-0.15, -0.1) is 0 Å². The molecule has 2 aromatic rings. The van der Waals surface area contributed by atoms with Gasteiger partial charge in [-0.1, -0.05) is 25.4 Å². The second kappa shape index (κ2) is 8.20. The Bertz CT molecular complexity index is 895. The van der Waals surface area contributed by atoms with E-state index in [1.165, 1.54) is 24.3 Å². The summed E-state index contributed by atoms with van der Waals surface area (Å²) in [6.07, 6.45) is 0. The third-order valence-electron chi connectivity index (χ3n) is 3.35. The molecular weight excluding hydrogens is 378 g/mol. The summed E-state index contributed by atoms with van der Waals surface area (Å²) < 4.78 is 27.1. The summed E-state index contributed by atoms with van der Waals surface area (Å²) in [5.41, 5.74) is 5.13. The van der Waals surface area contributed by atoms with Crippen molar-refractivity contribution in [1.82, 2.24) is 10.9 Å². The minimum Gasteiger partial charge on any atom is -0.280 e. The topological polar surface area (TPSA) is 104 Å². The predicted molar refractivity (Wildman–Crippen MR) is 99.1 cm³/mol. The molecule has 138 valence electrons. The second-order valence-corrected chi connectivity index (χ2v) is 7.85. The maximum Gasteiger partial charge on any atom is 0.269 e. The van der Waals surface area contributed by atoms with Crippen molar-refractivity contribution >= 4 is 39.1 Å². The van der Waals surface area contributed by atoms with Gasteiger partial charge in [-0.25, -0.2) is 8.42 Å². The van der Waals surface area contributed by atoms with Crippen molar-refractivity contribution in [2.75, 3.05) is 4.72 Å². The summed E-state index contributed by atoms with van der Waals surface area (Å²) in [5, 5.41) is 0.493. The third kappa shape index (κ3) is 5.21. The van der Waals surface area contributed by atoms with Crippen LogP contribution in [0.1, 0.15) is 24.2 Å². The Morgan fingerprint density at radius 2 is 1.50 bits per heavy atom. The van der Waals surface area contributed by atoms with Crippen molar-refractivity contribution < 1.29 is 18.0 Å². The Kier molecular flexibility index (Phi) is 6.23. The number of anilines is 1. The van der Waals surface area contributed by atoms with Gasteiger partial charge in [0, 0.05) is 22.2 Å². The number of carbonyl (C=O) groups is 2. The van der Waals surface area contributed by atoms with Gasteiger partial charge < -0.3 is 0 Å². The lowest BCUT2D eigenvalue weighted by molar-refractivity contribution is -0.124. The summed E-state index contributed by atoms with van der Waals surface area (Å²) >= 11 is 5.77. The predicted octanol–water partition coefficient (Wildman–Crippen LogP) is 2.56. The maximum atomic E-state index is 12.4. The molecule has 0 aliphatic rings. The van der Waals surface area contributed by atoms with Gasteiger partial charge in [0.2, 0.25) is 5.91 Å². The molecule has 0 saturated heterocycles. The lowest BCUT2D eigenvalue weighted by Crippen LogP contribution is -2.43. The molecule has 0 aliphatic heterocycles. The first-order valence-corrected chi connectivity index (χ1v) is 9.54. The average Bonchev–Trinajstić information content (AvgIpc) is 2.61. The summed E-state index contributed by atoms with van der Waals surface area (Å²) in [6, 6.07) is 11.5. The number of halogens is 1. The van der Waals surface area contributed by atoms with E-state index in [0.29, 0.717) is 10.7 Å². The van der Waals surface area contributed by atoms with Gasteiger partial charge in [0.15, 0.2) is 0 Å². The molecule has 0 aromatic heterocycles. The molecule has 0 radical (unpaired) electrons. The lowest BCUT2D eigenvalue weighted by Gasteiger charge is -2.10. The average molecular weight is 396 g/mol. The standard InChI is InChI=1S/C17H18ClN3O4S/c1-11(2)16(22)19-20-17(23)12-3-9-15(10-4-12)26(24,25)21-14-7-5-13(18)6-8-14/h3-11,21H,1-2H3,(H,19,22)(H,20,23). The number of hydrogen-bond acceptors (Lipinski definition) is 4. The van der Waals surface area contributed by atoms with E-state index < -0.39 is 15.9 Å². The molecule has 2 aromatic carbocycles. The van der Waals surface area contributed by atoms with E-state index in [4.69, 9.17) is 11.6 Å². The summed E-state index contributed by atoms with van der Waals surface area (Å²) in [5.74, 6) is -1.15. The molecule has 2 rings (SSSR count). The van der Waals surface area contributed by atoms with Crippen LogP contribution < -0.4 is 15.6 Å². The van der Waals surface area contributed by atoms with E-state index in [1.54, 1.807) is 38.1 Å². The number of sulfonamides is 1. The van der Waals surface area contributed by atoms with Gasteiger partial charge in [0.25, 0.3) is 15.9 Å². The van der Waals surface area contributed by atoms with Crippen molar-refractivity contribution in [2.45, 2.75) is 18.7 Å². The Balaban J connectivity index is 2.06. The van der Waals surface area contributed by atoms with Crippen LogP contribution in [-0.2, 0) is 14.8 Å². The van der Waals surface area contributed by atoms with Crippen molar-refractivity contribution in [1.29, 1.82) is 0 Å². The zero-order valence-electron chi connectivity index (χ0n) is 14.1. The van der Waals surface area contributed by atoms with Crippen molar-refractivity contribution in [3.8, 4) is 0 Å². The van der Waals surface area contributed by atoms with Gasteiger partial charge >= 0.3 is 0 Å². The molecule has 9 heteroatoms. The van der Waals surface area contributed by atoms with E-state index in [0.717, 1.165) is 0 Å². The van der Waals surface area contributed by atoms with Crippen LogP contribution in [0.5, 0.6) is 0 Å². The van der Waals surface area contributed by atoms with Gasteiger partial charge in [-0.2, -0.15) is 0 Å². The van der Waals surface area contributed by atoms with Crippen LogP contribution >= 0.6 is 11.6 Å². The summed E-state index contributed by atoms with van der Waals surface area (Å²) in [7, 11) is -3.80. The fraction of sp³-hybridized carbons (Fsp3) is 0.176. The zero-order chi connectivity index (χ0) is 19.3. The smallest absolute Gasteiger partial charge is 0.269 e. The molecule has 0 atom stereocenters. The Labute approximate surface area is 156 Å². The number of carbonyl (C=O) groups excluding carboxylic acids is 2. The van der Waals surface area contributed by atoms with Crippen LogP contribution in [0.4, 0.5) is 5.69 Å². The van der Waals surface area contributed by atoms with Crippen LogP contribution in [0, 0.1) is 5.92 Å². The molecule has 3 N–H and O–H groups in total. The molecule has 26 heavy (non-hydrogen) atoms. The highest BCUT2D eigenvalue weighted by molar-refractivity contribution is 7.92. The summed E-state index contributed by atoms with van der Waals surface area (Å²) in [6.45, 7) is 3.38. The molecule has 2 amide bonds. The Morgan fingerprint density at radius 3 is 2.04 bits per heavy atom. The molecule has 0 heterocycles. The number of benzene rings is 2. The second-order valence-electron chi connectivity index (χ2n) is 5.73. The fourth-order valence-corrected chi connectivity index (χ4v) is 3.04. The quantitative estimate of drug-likeness (QED) is 0.676. The maximum absolute atomic E-state index is 12.4. The minimum absolute atomic E-state index is 0.00443. The molecule has 0 saturated carbocycles. The van der Waals surface area contributed by atoms with Crippen LogP contribution in [0.3, 0.4) is 0 Å². The van der Waals surface area contributed by atoms with Crippen LogP contribution in [0.15, 0.2) is 53.4 Å². The highest BCUT2D eigenvalue weighted by Crippen LogP contribution is 2.18. The first kappa shape index (κ1) is 19.7. The van der Waals surface area contributed by atoms with Gasteiger partial charge in [-0.05, 0) is 48.5 Å². The third-order valence-corrected chi connectivity index (χ3v) is 5.00. The van der Waals surface area contributed by atoms with Crippen molar-refractivity contribution in [2.24, 2.45) is 5.92 Å². The van der Waals surface area contributed by atoms with Crippen LogP contribution in [0.2, 0.25) is 5.02 Å². The monoisotopic (exact) mass is 395 g/mol. The molecule has 0 spiro atoms. The molecule has 7 nitrogen and oxygen atoms in total. The molecule has 0 fully saturated rings. The molecule has 0 unspecified atom stereocenters. The largest absolute Gasteiger partial charge is 0.280 e. The van der Waals surface area contributed by atoms with Gasteiger partial charge in [0.1, 0.15) is 0 Å². The lowest BCUT2D eigenvalue weighted by atomic mass is 10.2. The first-order valence-electron chi connectivity index (χ1n) is 7.67. The zero-order valence-corrected chi connectivity index (χ0v) is 15.7. The van der Waals surface area contributed by atoms with E-state index in [9.17, 15) is 18.0 Å². The number of hydrazine groups is 1. The van der Waals surface area contributed by atoms with E-state index in [1.807, 2.05) is 0 Å². The van der Waals surface area contributed by atoms with E-state index in [2.05, 4.69) is 15.6 Å². The number of hydrogen-bond donors (Lipinski definition) is 3. The molecule has 0 bridgehead atoms. The number of amides is 2. The van der Waals surface area contributed by atoms with Gasteiger partial charge in [0.05, 0.1) is 4.90 Å². The van der Waals surface area contributed by atoms with Crippen molar-refractivity contribution in [3.05, 3.63) is 59.1 Å². The highest BCUT2D eigenvalue weighted by atomic mass is 35.5. The number of rotatable bonds is 5. The van der Waals surface area contributed by atoms with Crippen molar-refractivity contribution in [3.63, 3.8) is 0 Å². The highest BCUT2D eigenvalue weighted by Gasteiger charge is 2.16. The van der Waals surface area contributed by atoms with Gasteiger partial charge in [-0.3, -0.25) is 25.2 Å². The first-order chi connectivity index (χ1) is 12.2. The molecular formula is C17H18ClN3O4S. The molecule has 0 aliphatic carbocycles. The normalized spacial score (nSPS) is 11.1. The minimum atomic E-state index is -3.80. The van der Waals surface area contributed by atoms with E-state index in [-0.39, 0.29) is 22.3 Å². The fourth-order valence-electron chi connectivity index (χ4n) is 1.85. The van der Waals surface area contributed by atoms with E-state index >= 15 is 0 Å².